The number of methoxy groups -OCH3 is 1. The second-order valence-corrected chi connectivity index (χ2v) is 8.20. The van der Waals surface area contributed by atoms with Crippen molar-refractivity contribution in [3.63, 3.8) is 0 Å². The van der Waals surface area contributed by atoms with Crippen LogP contribution >= 0.6 is 11.3 Å². The van der Waals surface area contributed by atoms with E-state index in [4.69, 9.17) is 4.74 Å². The van der Waals surface area contributed by atoms with Gasteiger partial charge in [-0.05, 0) is 38.3 Å². The van der Waals surface area contributed by atoms with Gasteiger partial charge in [-0.1, -0.05) is 13.8 Å². The molecule has 0 saturated heterocycles. The van der Waals surface area contributed by atoms with E-state index in [9.17, 15) is 0 Å². The summed E-state index contributed by atoms with van der Waals surface area (Å²) in [5, 5.41) is 4.55. The van der Waals surface area contributed by atoms with Gasteiger partial charge in [0, 0.05) is 54.8 Å². The Bertz CT molecular complexity index is 645. The van der Waals surface area contributed by atoms with Gasteiger partial charge in [0.1, 0.15) is 0 Å². The molecule has 2 heterocycles. The summed E-state index contributed by atoms with van der Waals surface area (Å²) in [6.45, 7) is 12.4. The molecule has 0 N–H and O–H groups in total. The zero-order chi connectivity index (χ0) is 17.7. The number of aryl methyl sites for hydroxylation is 2. The van der Waals surface area contributed by atoms with E-state index < -0.39 is 0 Å². The molecule has 0 radical (unpaired) electrons. The standard InChI is InChI=1S/C19H31N3OS/c1-14(2)11-17-7-8-18(24-17)12-22(9-10-23-6)13-19-15(3)20-21(5)16(19)4/h7-8,14H,9-13H2,1-6H3. The third kappa shape index (κ3) is 5.16. The predicted molar refractivity (Wildman–Crippen MR) is 102 cm³/mol. The molecule has 0 bridgehead atoms. The molecule has 24 heavy (non-hydrogen) atoms. The molecular formula is C19H31N3OS. The van der Waals surface area contributed by atoms with Gasteiger partial charge in [0.05, 0.1) is 12.3 Å². The fourth-order valence-corrected chi connectivity index (χ4v) is 4.22. The molecule has 0 unspecified atom stereocenters. The zero-order valence-electron chi connectivity index (χ0n) is 15.9. The van der Waals surface area contributed by atoms with E-state index >= 15 is 0 Å². The molecule has 0 fully saturated rings. The van der Waals surface area contributed by atoms with E-state index in [0.717, 1.165) is 31.9 Å². The average Bonchev–Trinajstić information content (AvgIpc) is 3.03. The smallest absolute Gasteiger partial charge is 0.0641 e. The predicted octanol–water partition coefficient (Wildman–Crippen LogP) is 3.95. The van der Waals surface area contributed by atoms with Crippen molar-refractivity contribution in [3.05, 3.63) is 38.8 Å². The van der Waals surface area contributed by atoms with Crippen molar-refractivity contribution in [3.8, 4) is 0 Å². The molecule has 134 valence electrons. The van der Waals surface area contributed by atoms with E-state index in [-0.39, 0.29) is 0 Å². The van der Waals surface area contributed by atoms with E-state index in [1.165, 1.54) is 27.4 Å². The number of rotatable bonds is 9. The zero-order valence-corrected chi connectivity index (χ0v) is 16.7. The minimum atomic E-state index is 0.710. The van der Waals surface area contributed by atoms with Crippen LogP contribution in [-0.4, -0.2) is 34.9 Å². The van der Waals surface area contributed by atoms with Gasteiger partial charge < -0.3 is 4.74 Å². The highest BCUT2D eigenvalue weighted by Crippen LogP contribution is 2.23. The van der Waals surface area contributed by atoms with Crippen LogP contribution < -0.4 is 0 Å². The molecule has 0 aliphatic carbocycles. The van der Waals surface area contributed by atoms with Gasteiger partial charge in [-0.3, -0.25) is 9.58 Å². The fourth-order valence-electron chi connectivity index (χ4n) is 2.94. The van der Waals surface area contributed by atoms with Crippen molar-refractivity contribution >= 4 is 11.3 Å². The summed E-state index contributed by atoms with van der Waals surface area (Å²) in [6.07, 6.45) is 1.17. The average molecular weight is 350 g/mol. The summed E-state index contributed by atoms with van der Waals surface area (Å²) in [5.74, 6) is 0.710. The Balaban J connectivity index is 2.09. The Hall–Kier alpha value is -1.17. The highest BCUT2D eigenvalue weighted by atomic mass is 32.1. The molecule has 0 amide bonds. The monoisotopic (exact) mass is 349 g/mol. The number of hydrogen-bond donors (Lipinski definition) is 0. The summed E-state index contributed by atoms with van der Waals surface area (Å²) in [6, 6.07) is 4.57. The lowest BCUT2D eigenvalue weighted by Crippen LogP contribution is -2.26. The van der Waals surface area contributed by atoms with Crippen LogP contribution in [0, 0.1) is 19.8 Å². The molecule has 0 aromatic carbocycles. The molecule has 5 heteroatoms. The lowest BCUT2D eigenvalue weighted by Gasteiger charge is -2.21. The maximum atomic E-state index is 5.31. The Kier molecular flexibility index (Phi) is 7.02. The SMILES string of the molecule is COCCN(Cc1ccc(CC(C)C)s1)Cc1c(C)nn(C)c1C. The fraction of sp³-hybridized carbons (Fsp3) is 0.632. The largest absolute Gasteiger partial charge is 0.383 e. The maximum Gasteiger partial charge on any atom is 0.0641 e. The Morgan fingerprint density at radius 3 is 2.50 bits per heavy atom. The van der Waals surface area contributed by atoms with Crippen LogP contribution in [0.3, 0.4) is 0 Å². The van der Waals surface area contributed by atoms with Crippen molar-refractivity contribution in [2.75, 3.05) is 20.3 Å². The van der Waals surface area contributed by atoms with Crippen LogP contribution in [0.5, 0.6) is 0 Å². The molecule has 2 aromatic rings. The van der Waals surface area contributed by atoms with Crippen LogP contribution in [0.1, 0.15) is 40.6 Å². The highest BCUT2D eigenvalue weighted by molar-refractivity contribution is 7.11. The van der Waals surface area contributed by atoms with Crippen molar-refractivity contribution in [2.45, 2.75) is 47.2 Å². The minimum absolute atomic E-state index is 0.710. The first kappa shape index (κ1) is 19.2. The normalized spacial score (nSPS) is 11.8. The molecular weight excluding hydrogens is 318 g/mol. The number of ether oxygens (including phenoxy) is 1. The van der Waals surface area contributed by atoms with E-state index in [1.54, 1.807) is 7.11 Å². The lowest BCUT2D eigenvalue weighted by molar-refractivity contribution is 0.140. The van der Waals surface area contributed by atoms with Crippen LogP contribution in [0.25, 0.3) is 0 Å². The molecule has 0 atom stereocenters. The van der Waals surface area contributed by atoms with E-state index in [0.29, 0.717) is 5.92 Å². The quantitative estimate of drug-likeness (QED) is 0.687. The number of aromatic nitrogens is 2. The molecule has 0 saturated carbocycles. The van der Waals surface area contributed by atoms with Gasteiger partial charge in [0.25, 0.3) is 0 Å². The first-order valence-electron chi connectivity index (χ1n) is 8.68. The van der Waals surface area contributed by atoms with Crippen molar-refractivity contribution < 1.29 is 4.74 Å². The topological polar surface area (TPSA) is 30.3 Å². The van der Waals surface area contributed by atoms with Crippen LogP contribution in [0.15, 0.2) is 12.1 Å². The number of hydrogen-bond acceptors (Lipinski definition) is 4. The molecule has 0 aliphatic rings. The van der Waals surface area contributed by atoms with E-state index in [1.807, 2.05) is 23.1 Å². The highest BCUT2D eigenvalue weighted by Gasteiger charge is 2.15. The van der Waals surface area contributed by atoms with Gasteiger partial charge in [-0.15, -0.1) is 11.3 Å². The van der Waals surface area contributed by atoms with Gasteiger partial charge >= 0.3 is 0 Å². The Labute approximate surface area is 150 Å². The molecule has 2 rings (SSSR count). The third-order valence-corrected chi connectivity index (χ3v) is 5.45. The third-order valence-electron chi connectivity index (χ3n) is 4.36. The van der Waals surface area contributed by atoms with Crippen molar-refractivity contribution in [2.24, 2.45) is 13.0 Å². The second-order valence-electron chi connectivity index (χ2n) is 6.94. The molecule has 0 aliphatic heterocycles. The van der Waals surface area contributed by atoms with Gasteiger partial charge in [0.2, 0.25) is 0 Å². The molecule has 4 nitrogen and oxygen atoms in total. The first-order chi connectivity index (χ1) is 11.4. The van der Waals surface area contributed by atoms with Crippen molar-refractivity contribution in [1.82, 2.24) is 14.7 Å². The summed E-state index contributed by atoms with van der Waals surface area (Å²) >= 11 is 1.94. The van der Waals surface area contributed by atoms with Crippen LogP contribution in [0.4, 0.5) is 0 Å². The first-order valence-corrected chi connectivity index (χ1v) is 9.50. The summed E-state index contributed by atoms with van der Waals surface area (Å²) in [7, 11) is 3.79. The second kappa shape index (κ2) is 8.79. The van der Waals surface area contributed by atoms with E-state index in [2.05, 4.69) is 49.8 Å². The van der Waals surface area contributed by atoms with Crippen molar-refractivity contribution in [1.29, 1.82) is 0 Å². The Morgan fingerprint density at radius 1 is 1.21 bits per heavy atom. The number of thiophene rings is 1. The van der Waals surface area contributed by atoms with Gasteiger partial charge in [-0.2, -0.15) is 5.10 Å². The summed E-state index contributed by atoms with van der Waals surface area (Å²) in [5.41, 5.74) is 3.72. The summed E-state index contributed by atoms with van der Waals surface area (Å²) < 4.78 is 7.29. The number of nitrogens with zero attached hydrogens (tertiary/aromatic N) is 3. The minimum Gasteiger partial charge on any atom is -0.383 e. The maximum absolute atomic E-state index is 5.31. The summed E-state index contributed by atoms with van der Waals surface area (Å²) in [4.78, 5) is 5.38. The van der Waals surface area contributed by atoms with Gasteiger partial charge in [0.15, 0.2) is 0 Å². The lowest BCUT2D eigenvalue weighted by atomic mass is 10.1. The van der Waals surface area contributed by atoms with Crippen LogP contribution in [-0.2, 0) is 31.3 Å². The molecule has 0 spiro atoms. The van der Waals surface area contributed by atoms with Crippen LogP contribution in [0.2, 0.25) is 0 Å². The molecule has 2 aromatic heterocycles. The Morgan fingerprint density at radius 2 is 1.92 bits per heavy atom. The van der Waals surface area contributed by atoms with Gasteiger partial charge in [-0.25, -0.2) is 0 Å².